The fraction of sp³-hybridized carbons (Fsp3) is 0.400. The van der Waals surface area contributed by atoms with E-state index in [4.69, 9.17) is 28.4 Å². The molecular formula is C40H44N6O8. The van der Waals surface area contributed by atoms with Gasteiger partial charge in [-0.05, 0) is 33.3 Å². The summed E-state index contributed by atoms with van der Waals surface area (Å²) in [7, 11) is 0. The van der Waals surface area contributed by atoms with Crippen LogP contribution in [-0.2, 0) is 54.8 Å². The summed E-state index contributed by atoms with van der Waals surface area (Å²) in [5.41, 5.74) is 22.7. The number of benzene rings is 4. The first-order valence-electron chi connectivity index (χ1n) is 17.9. The molecular weight excluding hydrogens is 692 g/mol. The van der Waals surface area contributed by atoms with Crippen molar-refractivity contribution in [3.05, 3.63) is 164 Å². The van der Waals surface area contributed by atoms with E-state index in [0.717, 1.165) is 22.3 Å². The van der Waals surface area contributed by atoms with Gasteiger partial charge in [-0.25, -0.2) is 0 Å². The summed E-state index contributed by atoms with van der Waals surface area (Å²) in [5, 5.41) is 30.8. The predicted octanol–water partition coefficient (Wildman–Crippen LogP) is 6.55. The summed E-state index contributed by atoms with van der Waals surface area (Å²) in [6.45, 7) is 0.426. The van der Waals surface area contributed by atoms with E-state index >= 15 is 0 Å². The fourth-order valence-corrected chi connectivity index (χ4v) is 6.77. The molecule has 0 aromatic heterocycles. The van der Waals surface area contributed by atoms with Crippen molar-refractivity contribution >= 4 is 0 Å². The van der Waals surface area contributed by atoms with Crippen LogP contribution in [0.5, 0.6) is 0 Å². The summed E-state index contributed by atoms with van der Waals surface area (Å²) in [4.78, 5) is 6.10. The third-order valence-electron chi connectivity index (χ3n) is 9.45. The molecule has 1 heterocycles. The van der Waals surface area contributed by atoms with E-state index in [9.17, 15) is 21.3 Å². The zero-order chi connectivity index (χ0) is 37.5. The molecule has 0 amide bonds. The number of hydrogen-bond donors (Lipinski definition) is 2. The van der Waals surface area contributed by atoms with Crippen LogP contribution in [0.25, 0.3) is 20.9 Å². The summed E-state index contributed by atoms with van der Waals surface area (Å²) in [5.74, 6) is 0. The largest absolute Gasteiger partial charge is 0.390 e. The van der Waals surface area contributed by atoms with E-state index in [0.29, 0.717) is 0 Å². The van der Waals surface area contributed by atoms with Gasteiger partial charge >= 0.3 is 0 Å². The molecule has 2 N–H and O–H groups in total. The molecule has 1 saturated carbocycles. The third kappa shape index (κ3) is 10.4. The highest BCUT2D eigenvalue weighted by atomic mass is 16.7. The molecule has 1 aliphatic carbocycles. The van der Waals surface area contributed by atoms with Crippen LogP contribution in [0.1, 0.15) is 28.7 Å². The van der Waals surface area contributed by atoms with Crippen molar-refractivity contribution in [2.75, 3.05) is 6.54 Å². The SMILES string of the molecule is [N-]=[N+]=NC[C@H]1O[C@H](O[C@H]2[C@H](OCc3ccccc3)[C@@H](OCc3ccccc3)[C@H](O)C[C@@H]2O)[C@H](N=[N+]=[N-])[C@@H](OCc2ccccc2)[C@@H]1OCc1ccccc1. The Morgan fingerprint density at radius 2 is 0.981 bits per heavy atom. The second-order valence-electron chi connectivity index (χ2n) is 13.2. The van der Waals surface area contributed by atoms with Gasteiger partial charge in [-0.2, -0.15) is 0 Å². The number of aliphatic hydroxyl groups excluding tert-OH is 2. The lowest BCUT2D eigenvalue weighted by molar-refractivity contribution is -0.318. The van der Waals surface area contributed by atoms with Crippen LogP contribution in [-0.4, -0.2) is 77.9 Å². The quantitative estimate of drug-likeness (QED) is 0.0692. The Morgan fingerprint density at radius 3 is 1.44 bits per heavy atom. The van der Waals surface area contributed by atoms with Gasteiger partial charge in [0.05, 0.1) is 51.3 Å². The van der Waals surface area contributed by atoms with Crippen LogP contribution in [0.15, 0.2) is 132 Å². The number of rotatable bonds is 17. The van der Waals surface area contributed by atoms with Crippen LogP contribution >= 0.6 is 0 Å². The molecule has 1 aliphatic heterocycles. The average Bonchev–Trinajstić information content (AvgIpc) is 3.21. The lowest BCUT2D eigenvalue weighted by Crippen LogP contribution is -2.64. The molecule has 2 aliphatic rings. The van der Waals surface area contributed by atoms with E-state index in [1.807, 2.05) is 121 Å². The first-order valence-corrected chi connectivity index (χ1v) is 17.9. The number of nitrogens with zero attached hydrogens (tertiary/aromatic N) is 6. The minimum atomic E-state index is -1.33. The van der Waals surface area contributed by atoms with Crippen LogP contribution in [0.2, 0.25) is 0 Å². The van der Waals surface area contributed by atoms with Crippen LogP contribution < -0.4 is 0 Å². The molecule has 0 radical (unpaired) electrons. The maximum Gasteiger partial charge on any atom is 0.169 e. The topological polar surface area (TPSA) is 193 Å². The lowest BCUT2D eigenvalue weighted by Gasteiger charge is -2.48. The molecule has 0 unspecified atom stereocenters. The minimum absolute atomic E-state index is 0.0902. The van der Waals surface area contributed by atoms with Crippen molar-refractivity contribution in [1.82, 2.24) is 0 Å². The smallest absolute Gasteiger partial charge is 0.169 e. The van der Waals surface area contributed by atoms with Crippen molar-refractivity contribution in [2.24, 2.45) is 10.2 Å². The van der Waals surface area contributed by atoms with Gasteiger partial charge in [-0.15, -0.1) is 0 Å². The molecule has 4 aromatic rings. The second kappa shape index (κ2) is 20.0. The van der Waals surface area contributed by atoms with Gasteiger partial charge in [0.2, 0.25) is 0 Å². The molecule has 282 valence electrons. The minimum Gasteiger partial charge on any atom is -0.390 e. The van der Waals surface area contributed by atoms with Crippen molar-refractivity contribution in [3.63, 3.8) is 0 Å². The summed E-state index contributed by atoms with van der Waals surface area (Å²) in [6, 6.07) is 36.8. The van der Waals surface area contributed by atoms with Gasteiger partial charge in [0.25, 0.3) is 0 Å². The van der Waals surface area contributed by atoms with Crippen molar-refractivity contribution in [1.29, 1.82) is 0 Å². The highest BCUT2D eigenvalue weighted by Gasteiger charge is 2.52. The van der Waals surface area contributed by atoms with Gasteiger partial charge < -0.3 is 38.6 Å². The van der Waals surface area contributed by atoms with Crippen LogP contribution in [0.3, 0.4) is 0 Å². The first-order chi connectivity index (χ1) is 26.5. The van der Waals surface area contributed by atoms with Crippen molar-refractivity contribution in [3.8, 4) is 0 Å². The Morgan fingerprint density at radius 1 is 0.556 bits per heavy atom. The standard InChI is InChI=1S/C40H44N6O8/c41-45-43-22-33-37(50-24-28-15-7-2-8-16-28)38(51-25-29-17-9-3-10-18-29)34(44-46-42)40(53-33)54-36-32(48)21-31(47)35(49-23-27-13-5-1-6-14-27)39(36)52-26-30-19-11-4-12-20-30/h1-20,31-40,47-48H,21-26H2/t31-,32+,33-,34-,35+,36-,37-,38-,39-,40-/m1/s1. The molecule has 14 nitrogen and oxygen atoms in total. The highest BCUT2D eigenvalue weighted by Crippen LogP contribution is 2.36. The normalized spacial score (nSPS) is 28.0. The lowest BCUT2D eigenvalue weighted by atomic mass is 9.86. The number of aliphatic hydroxyl groups is 2. The maximum atomic E-state index is 11.5. The first kappa shape index (κ1) is 38.9. The molecule has 6 rings (SSSR count). The fourth-order valence-electron chi connectivity index (χ4n) is 6.77. The van der Waals surface area contributed by atoms with E-state index in [2.05, 4.69) is 20.1 Å². The zero-order valence-corrected chi connectivity index (χ0v) is 29.6. The summed E-state index contributed by atoms with van der Waals surface area (Å²) < 4.78 is 38.8. The van der Waals surface area contributed by atoms with Gasteiger partial charge in [-0.3, -0.25) is 0 Å². The van der Waals surface area contributed by atoms with Gasteiger partial charge in [0, 0.05) is 16.2 Å². The molecule has 14 heteroatoms. The van der Waals surface area contributed by atoms with Crippen LogP contribution in [0.4, 0.5) is 0 Å². The van der Waals surface area contributed by atoms with E-state index < -0.39 is 61.2 Å². The Balaban J connectivity index is 1.32. The molecule has 2 fully saturated rings. The van der Waals surface area contributed by atoms with E-state index in [-0.39, 0.29) is 39.4 Å². The Labute approximate surface area is 313 Å². The third-order valence-corrected chi connectivity index (χ3v) is 9.45. The molecule has 54 heavy (non-hydrogen) atoms. The molecule has 0 bridgehead atoms. The van der Waals surface area contributed by atoms with E-state index in [1.165, 1.54) is 0 Å². The molecule has 0 spiro atoms. The summed E-state index contributed by atoms with van der Waals surface area (Å²) >= 11 is 0. The van der Waals surface area contributed by atoms with Crippen LogP contribution in [0, 0.1) is 0 Å². The van der Waals surface area contributed by atoms with Crippen molar-refractivity contribution < 1.29 is 38.6 Å². The summed E-state index contributed by atoms with van der Waals surface area (Å²) in [6.07, 6.45) is -9.56. The van der Waals surface area contributed by atoms with Gasteiger partial charge in [0.15, 0.2) is 6.29 Å². The monoisotopic (exact) mass is 736 g/mol. The Bertz CT molecular complexity index is 1800. The van der Waals surface area contributed by atoms with Gasteiger partial charge in [0.1, 0.15) is 36.6 Å². The zero-order valence-electron chi connectivity index (χ0n) is 29.6. The second-order valence-corrected chi connectivity index (χ2v) is 13.2. The maximum absolute atomic E-state index is 11.5. The molecule has 1 saturated heterocycles. The number of ether oxygens (including phenoxy) is 6. The number of azide groups is 2. The Kier molecular flexibility index (Phi) is 14.4. The highest BCUT2D eigenvalue weighted by molar-refractivity contribution is 5.17. The van der Waals surface area contributed by atoms with Crippen molar-refractivity contribution in [2.45, 2.75) is 94.0 Å². The Hall–Kier alpha value is -4.82. The predicted molar refractivity (Wildman–Crippen MR) is 197 cm³/mol. The number of hydrogen-bond acceptors (Lipinski definition) is 10. The molecule has 4 aromatic carbocycles. The van der Waals surface area contributed by atoms with E-state index in [1.54, 1.807) is 0 Å². The van der Waals surface area contributed by atoms with Gasteiger partial charge in [-0.1, -0.05) is 132 Å². The molecule has 10 atom stereocenters. The average molecular weight is 737 g/mol.